The van der Waals surface area contributed by atoms with Crippen molar-refractivity contribution in [3.63, 3.8) is 0 Å². The van der Waals surface area contributed by atoms with E-state index in [-0.39, 0.29) is 0 Å². The lowest BCUT2D eigenvalue weighted by Gasteiger charge is -2.09. The molecule has 3 heteroatoms. The smallest absolute Gasteiger partial charge is 0.203 e. The summed E-state index contributed by atoms with van der Waals surface area (Å²) in [5.41, 5.74) is 3.69. The third kappa shape index (κ3) is 2.08. The van der Waals surface area contributed by atoms with Crippen LogP contribution in [-0.2, 0) is 6.54 Å². The SMILES string of the molecule is CNc1nc(C)cn1Cc1ccccc1C. The van der Waals surface area contributed by atoms with E-state index in [9.17, 15) is 0 Å². The Hall–Kier alpha value is -1.77. The van der Waals surface area contributed by atoms with E-state index < -0.39 is 0 Å². The van der Waals surface area contributed by atoms with E-state index >= 15 is 0 Å². The molecule has 0 saturated heterocycles. The van der Waals surface area contributed by atoms with Gasteiger partial charge < -0.3 is 9.88 Å². The monoisotopic (exact) mass is 215 g/mol. The van der Waals surface area contributed by atoms with Gasteiger partial charge in [0.15, 0.2) is 0 Å². The van der Waals surface area contributed by atoms with Gasteiger partial charge in [-0.25, -0.2) is 4.98 Å². The number of nitrogens with zero attached hydrogens (tertiary/aromatic N) is 2. The Kier molecular flexibility index (Phi) is 2.95. The van der Waals surface area contributed by atoms with Crippen LogP contribution >= 0.6 is 0 Å². The summed E-state index contributed by atoms with van der Waals surface area (Å²) in [4.78, 5) is 4.41. The van der Waals surface area contributed by atoms with Gasteiger partial charge in [-0.1, -0.05) is 24.3 Å². The highest BCUT2D eigenvalue weighted by Crippen LogP contribution is 2.14. The molecule has 1 aromatic heterocycles. The van der Waals surface area contributed by atoms with Crippen molar-refractivity contribution in [3.8, 4) is 0 Å². The van der Waals surface area contributed by atoms with Crippen molar-refractivity contribution in [2.24, 2.45) is 0 Å². The first-order valence-electron chi connectivity index (χ1n) is 5.46. The average molecular weight is 215 g/mol. The Labute approximate surface area is 96.1 Å². The zero-order valence-corrected chi connectivity index (χ0v) is 9.99. The number of hydrogen-bond acceptors (Lipinski definition) is 2. The fraction of sp³-hybridized carbons (Fsp3) is 0.308. The van der Waals surface area contributed by atoms with E-state index in [4.69, 9.17) is 0 Å². The number of benzene rings is 1. The Bertz CT molecular complexity index is 486. The number of aromatic nitrogens is 2. The summed E-state index contributed by atoms with van der Waals surface area (Å²) in [5.74, 6) is 0.917. The molecule has 1 N–H and O–H groups in total. The number of anilines is 1. The fourth-order valence-electron chi connectivity index (χ4n) is 1.84. The summed E-state index contributed by atoms with van der Waals surface area (Å²) in [6, 6.07) is 8.43. The topological polar surface area (TPSA) is 29.9 Å². The standard InChI is InChI=1S/C13H17N3/c1-10-6-4-5-7-12(10)9-16-8-11(2)15-13(16)14-3/h4-8H,9H2,1-3H3,(H,14,15). The molecule has 0 unspecified atom stereocenters. The minimum atomic E-state index is 0.865. The van der Waals surface area contributed by atoms with Gasteiger partial charge in [-0.05, 0) is 25.0 Å². The third-order valence-electron chi connectivity index (χ3n) is 2.72. The summed E-state index contributed by atoms with van der Waals surface area (Å²) in [6.45, 7) is 5.01. The second-order valence-electron chi connectivity index (χ2n) is 4.01. The molecule has 0 aliphatic carbocycles. The van der Waals surface area contributed by atoms with E-state index in [1.54, 1.807) is 0 Å². The van der Waals surface area contributed by atoms with Gasteiger partial charge in [-0.2, -0.15) is 0 Å². The molecule has 1 heterocycles. The Morgan fingerprint density at radius 2 is 2.00 bits per heavy atom. The van der Waals surface area contributed by atoms with Crippen LogP contribution in [-0.4, -0.2) is 16.6 Å². The molecule has 84 valence electrons. The van der Waals surface area contributed by atoms with Crippen molar-refractivity contribution < 1.29 is 0 Å². The lowest BCUT2D eigenvalue weighted by atomic mass is 10.1. The molecule has 0 aliphatic rings. The predicted octanol–water partition coefficient (Wildman–Crippen LogP) is 2.59. The number of hydrogen-bond donors (Lipinski definition) is 1. The van der Waals surface area contributed by atoms with Crippen molar-refractivity contribution in [1.29, 1.82) is 0 Å². The first kappa shape index (κ1) is 10.7. The Morgan fingerprint density at radius 1 is 1.25 bits per heavy atom. The van der Waals surface area contributed by atoms with Gasteiger partial charge in [-0.15, -0.1) is 0 Å². The van der Waals surface area contributed by atoms with Crippen molar-refractivity contribution in [2.75, 3.05) is 12.4 Å². The van der Waals surface area contributed by atoms with Gasteiger partial charge in [0.2, 0.25) is 5.95 Å². The minimum absolute atomic E-state index is 0.865. The van der Waals surface area contributed by atoms with Crippen LogP contribution in [0.25, 0.3) is 0 Å². The van der Waals surface area contributed by atoms with Gasteiger partial charge >= 0.3 is 0 Å². The zero-order valence-electron chi connectivity index (χ0n) is 9.99. The molecule has 2 rings (SSSR count). The van der Waals surface area contributed by atoms with E-state index in [2.05, 4.69) is 52.3 Å². The van der Waals surface area contributed by atoms with Crippen molar-refractivity contribution in [2.45, 2.75) is 20.4 Å². The summed E-state index contributed by atoms with van der Waals surface area (Å²) in [7, 11) is 1.90. The number of aryl methyl sites for hydroxylation is 2. The molecule has 3 nitrogen and oxygen atoms in total. The van der Waals surface area contributed by atoms with Crippen LogP contribution in [0, 0.1) is 13.8 Å². The average Bonchev–Trinajstić information content (AvgIpc) is 2.62. The van der Waals surface area contributed by atoms with Crippen LogP contribution in [0.2, 0.25) is 0 Å². The molecule has 0 amide bonds. The molecular weight excluding hydrogens is 198 g/mol. The van der Waals surface area contributed by atoms with E-state index in [0.717, 1.165) is 18.2 Å². The third-order valence-corrected chi connectivity index (χ3v) is 2.72. The second-order valence-corrected chi connectivity index (χ2v) is 4.01. The molecule has 16 heavy (non-hydrogen) atoms. The molecule has 0 atom stereocenters. The van der Waals surface area contributed by atoms with Gasteiger partial charge in [0.05, 0.1) is 12.2 Å². The number of nitrogens with one attached hydrogen (secondary N) is 1. The van der Waals surface area contributed by atoms with Crippen LogP contribution in [0.5, 0.6) is 0 Å². The zero-order chi connectivity index (χ0) is 11.5. The molecular formula is C13H17N3. The molecule has 0 radical (unpaired) electrons. The number of imidazole rings is 1. The Balaban J connectivity index is 2.30. The van der Waals surface area contributed by atoms with Gasteiger partial charge in [-0.3, -0.25) is 0 Å². The first-order chi connectivity index (χ1) is 7.70. The van der Waals surface area contributed by atoms with Gasteiger partial charge in [0.25, 0.3) is 0 Å². The lowest BCUT2D eigenvalue weighted by molar-refractivity contribution is 0.799. The molecule has 0 aliphatic heterocycles. The van der Waals surface area contributed by atoms with Crippen LogP contribution in [0.15, 0.2) is 30.5 Å². The molecule has 0 fully saturated rings. The summed E-state index contributed by atoms with van der Waals surface area (Å²) >= 11 is 0. The summed E-state index contributed by atoms with van der Waals surface area (Å²) in [6.07, 6.45) is 2.07. The second kappa shape index (κ2) is 4.39. The quantitative estimate of drug-likeness (QED) is 0.853. The highest BCUT2D eigenvalue weighted by molar-refractivity contribution is 5.32. The van der Waals surface area contributed by atoms with Crippen LogP contribution < -0.4 is 5.32 Å². The maximum atomic E-state index is 4.41. The van der Waals surface area contributed by atoms with E-state index in [0.29, 0.717) is 0 Å². The number of rotatable bonds is 3. The first-order valence-corrected chi connectivity index (χ1v) is 5.46. The van der Waals surface area contributed by atoms with Crippen molar-refractivity contribution in [1.82, 2.24) is 9.55 Å². The van der Waals surface area contributed by atoms with E-state index in [1.807, 2.05) is 14.0 Å². The largest absolute Gasteiger partial charge is 0.359 e. The molecule has 2 aromatic rings. The van der Waals surface area contributed by atoms with Gasteiger partial charge in [0, 0.05) is 13.2 Å². The maximum absolute atomic E-state index is 4.41. The molecule has 0 spiro atoms. The highest BCUT2D eigenvalue weighted by Gasteiger charge is 2.05. The fourth-order valence-corrected chi connectivity index (χ4v) is 1.84. The van der Waals surface area contributed by atoms with E-state index in [1.165, 1.54) is 11.1 Å². The maximum Gasteiger partial charge on any atom is 0.203 e. The highest BCUT2D eigenvalue weighted by atomic mass is 15.2. The van der Waals surface area contributed by atoms with Gasteiger partial charge in [0.1, 0.15) is 0 Å². The summed E-state index contributed by atoms with van der Waals surface area (Å²) < 4.78 is 2.14. The molecule has 1 aromatic carbocycles. The normalized spacial score (nSPS) is 10.4. The van der Waals surface area contributed by atoms with Crippen LogP contribution in [0.3, 0.4) is 0 Å². The molecule has 0 bridgehead atoms. The lowest BCUT2D eigenvalue weighted by Crippen LogP contribution is -2.05. The van der Waals surface area contributed by atoms with Crippen LogP contribution in [0.1, 0.15) is 16.8 Å². The van der Waals surface area contributed by atoms with Crippen molar-refractivity contribution in [3.05, 3.63) is 47.3 Å². The van der Waals surface area contributed by atoms with Crippen molar-refractivity contribution >= 4 is 5.95 Å². The van der Waals surface area contributed by atoms with Crippen LogP contribution in [0.4, 0.5) is 5.95 Å². The predicted molar refractivity (Wildman–Crippen MR) is 66.8 cm³/mol. The summed E-state index contributed by atoms with van der Waals surface area (Å²) in [5, 5.41) is 3.11. The Morgan fingerprint density at radius 3 is 2.69 bits per heavy atom. The minimum Gasteiger partial charge on any atom is -0.359 e. The molecule has 0 saturated carbocycles.